The number of aryl methyl sites for hydroxylation is 4. The molecule has 1 aromatic heterocycles. The van der Waals surface area contributed by atoms with Crippen LogP contribution in [0.1, 0.15) is 42.0 Å². The zero-order valence-electron chi connectivity index (χ0n) is 11.7. The average Bonchev–Trinajstić information content (AvgIpc) is 2.49. The van der Waals surface area contributed by atoms with Crippen molar-refractivity contribution in [1.82, 2.24) is 15.2 Å². The molecule has 1 aromatic carbocycles. The molecule has 0 atom stereocenters. The Bertz CT molecular complexity index is 578. The summed E-state index contributed by atoms with van der Waals surface area (Å²) < 4.78 is 0. The van der Waals surface area contributed by atoms with E-state index in [-0.39, 0.29) is 0 Å². The second-order valence-corrected chi connectivity index (χ2v) is 5.42. The summed E-state index contributed by atoms with van der Waals surface area (Å²) in [5.74, 6) is 0.890. The maximum Gasteiger partial charge on any atom is 0.151 e. The molecule has 1 heterocycles. The first-order valence-electron chi connectivity index (χ1n) is 7.37. The van der Waals surface area contributed by atoms with Gasteiger partial charge in [-0.3, -0.25) is 0 Å². The van der Waals surface area contributed by atoms with Crippen LogP contribution >= 0.6 is 0 Å². The summed E-state index contributed by atoms with van der Waals surface area (Å²) in [7, 11) is 0. The van der Waals surface area contributed by atoms with Crippen LogP contribution in [0.3, 0.4) is 0 Å². The minimum Gasteiger partial charge on any atom is -0.399 e. The van der Waals surface area contributed by atoms with Crippen molar-refractivity contribution in [2.24, 2.45) is 0 Å². The Hall–Kier alpha value is -1.97. The Balaban J connectivity index is 1.57. The van der Waals surface area contributed by atoms with Crippen molar-refractivity contribution in [2.45, 2.75) is 44.9 Å². The molecule has 3 rings (SSSR count). The molecule has 0 aliphatic heterocycles. The summed E-state index contributed by atoms with van der Waals surface area (Å²) in [6.07, 6.45) is 7.53. The van der Waals surface area contributed by atoms with E-state index < -0.39 is 0 Å². The fraction of sp³-hybridized carbons (Fsp3) is 0.438. The van der Waals surface area contributed by atoms with E-state index in [9.17, 15) is 0 Å². The molecule has 4 heteroatoms. The van der Waals surface area contributed by atoms with E-state index in [1.165, 1.54) is 24.1 Å². The maximum atomic E-state index is 5.68. The third kappa shape index (κ3) is 3.13. The lowest BCUT2D eigenvalue weighted by atomic mass is 10.0. The lowest BCUT2D eigenvalue weighted by molar-refractivity contribution is 0.612. The van der Waals surface area contributed by atoms with Gasteiger partial charge < -0.3 is 5.73 Å². The largest absolute Gasteiger partial charge is 0.399 e. The predicted molar refractivity (Wildman–Crippen MR) is 79.3 cm³/mol. The summed E-state index contributed by atoms with van der Waals surface area (Å²) in [6, 6.07) is 8.07. The standard InChI is InChI=1S/C16H20N4/c17-13-10-8-12(9-11-13)4-3-7-16-18-14-5-1-2-6-15(14)19-20-16/h8-11H,1-7,17H2. The number of hydrogen-bond donors (Lipinski definition) is 1. The topological polar surface area (TPSA) is 64.7 Å². The van der Waals surface area contributed by atoms with Crippen LogP contribution in [0.4, 0.5) is 5.69 Å². The summed E-state index contributed by atoms with van der Waals surface area (Å²) in [5, 5.41) is 8.58. The van der Waals surface area contributed by atoms with Gasteiger partial charge in [-0.2, -0.15) is 5.10 Å². The number of aromatic nitrogens is 3. The number of nitrogen functional groups attached to an aromatic ring is 1. The number of benzene rings is 1. The molecule has 4 nitrogen and oxygen atoms in total. The van der Waals surface area contributed by atoms with Crippen LogP contribution in [-0.2, 0) is 25.7 Å². The third-order valence-corrected chi connectivity index (χ3v) is 3.81. The lowest BCUT2D eigenvalue weighted by Crippen LogP contribution is -2.12. The lowest BCUT2D eigenvalue weighted by Gasteiger charge is -2.13. The van der Waals surface area contributed by atoms with Gasteiger partial charge in [0.25, 0.3) is 0 Å². The molecule has 2 aromatic rings. The fourth-order valence-corrected chi connectivity index (χ4v) is 2.64. The Morgan fingerprint density at radius 3 is 2.45 bits per heavy atom. The van der Waals surface area contributed by atoms with Gasteiger partial charge in [0.1, 0.15) is 0 Å². The molecule has 104 valence electrons. The second-order valence-electron chi connectivity index (χ2n) is 5.42. The van der Waals surface area contributed by atoms with E-state index in [4.69, 9.17) is 5.73 Å². The van der Waals surface area contributed by atoms with Crippen LogP contribution in [0.25, 0.3) is 0 Å². The van der Waals surface area contributed by atoms with Crippen LogP contribution in [0.15, 0.2) is 24.3 Å². The highest BCUT2D eigenvalue weighted by Crippen LogP contribution is 2.17. The average molecular weight is 268 g/mol. The van der Waals surface area contributed by atoms with Crippen molar-refractivity contribution < 1.29 is 0 Å². The van der Waals surface area contributed by atoms with E-state index in [2.05, 4.69) is 27.3 Å². The molecule has 0 spiro atoms. The van der Waals surface area contributed by atoms with Gasteiger partial charge in [-0.25, -0.2) is 4.98 Å². The molecule has 0 amide bonds. The monoisotopic (exact) mass is 268 g/mol. The van der Waals surface area contributed by atoms with E-state index in [1.54, 1.807) is 0 Å². The molecule has 1 aliphatic rings. The van der Waals surface area contributed by atoms with Crippen molar-refractivity contribution >= 4 is 5.69 Å². The fourth-order valence-electron chi connectivity index (χ4n) is 2.64. The van der Waals surface area contributed by atoms with Crippen LogP contribution in [-0.4, -0.2) is 15.2 Å². The first kappa shape index (κ1) is 13.0. The van der Waals surface area contributed by atoms with Gasteiger partial charge in [0.15, 0.2) is 5.82 Å². The summed E-state index contributed by atoms with van der Waals surface area (Å²) in [6.45, 7) is 0. The molecule has 2 N–H and O–H groups in total. The van der Waals surface area contributed by atoms with Gasteiger partial charge in [0.2, 0.25) is 0 Å². The molecular formula is C16H20N4. The van der Waals surface area contributed by atoms with E-state index >= 15 is 0 Å². The van der Waals surface area contributed by atoms with Gasteiger partial charge in [-0.15, -0.1) is 5.10 Å². The zero-order chi connectivity index (χ0) is 13.8. The minimum atomic E-state index is 0.816. The molecular weight excluding hydrogens is 248 g/mol. The van der Waals surface area contributed by atoms with Gasteiger partial charge in [0, 0.05) is 12.1 Å². The van der Waals surface area contributed by atoms with E-state index in [0.29, 0.717) is 0 Å². The van der Waals surface area contributed by atoms with Crippen LogP contribution in [0.5, 0.6) is 0 Å². The number of anilines is 1. The summed E-state index contributed by atoms with van der Waals surface area (Å²) in [4.78, 5) is 4.66. The van der Waals surface area contributed by atoms with Gasteiger partial charge in [-0.1, -0.05) is 12.1 Å². The first-order valence-corrected chi connectivity index (χ1v) is 7.37. The Morgan fingerprint density at radius 1 is 0.900 bits per heavy atom. The van der Waals surface area contributed by atoms with E-state index in [0.717, 1.165) is 49.3 Å². The second kappa shape index (κ2) is 5.99. The van der Waals surface area contributed by atoms with Gasteiger partial charge in [0.05, 0.1) is 11.4 Å². The van der Waals surface area contributed by atoms with Gasteiger partial charge >= 0.3 is 0 Å². The molecule has 0 radical (unpaired) electrons. The number of nitrogens with zero attached hydrogens (tertiary/aromatic N) is 3. The van der Waals surface area contributed by atoms with Crippen LogP contribution in [0.2, 0.25) is 0 Å². The number of nitrogens with two attached hydrogens (primary N) is 1. The van der Waals surface area contributed by atoms with Crippen molar-refractivity contribution in [2.75, 3.05) is 5.73 Å². The highest BCUT2D eigenvalue weighted by Gasteiger charge is 2.13. The highest BCUT2D eigenvalue weighted by molar-refractivity contribution is 5.39. The van der Waals surface area contributed by atoms with Crippen molar-refractivity contribution in [3.05, 3.63) is 47.0 Å². The quantitative estimate of drug-likeness (QED) is 0.865. The molecule has 0 bridgehead atoms. The summed E-state index contributed by atoms with van der Waals surface area (Å²) >= 11 is 0. The Morgan fingerprint density at radius 2 is 1.65 bits per heavy atom. The molecule has 1 aliphatic carbocycles. The number of hydrogen-bond acceptors (Lipinski definition) is 4. The van der Waals surface area contributed by atoms with Crippen LogP contribution in [0, 0.1) is 0 Å². The smallest absolute Gasteiger partial charge is 0.151 e. The first-order chi connectivity index (χ1) is 9.81. The number of rotatable bonds is 4. The number of fused-ring (bicyclic) bond motifs is 1. The van der Waals surface area contributed by atoms with Crippen molar-refractivity contribution in [3.8, 4) is 0 Å². The predicted octanol–water partition coefficient (Wildman–Crippen LogP) is 2.51. The molecule has 20 heavy (non-hydrogen) atoms. The molecule has 0 fully saturated rings. The normalized spacial score (nSPS) is 14.0. The summed E-state index contributed by atoms with van der Waals surface area (Å²) in [5.41, 5.74) is 10.1. The zero-order valence-corrected chi connectivity index (χ0v) is 11.7. The third-order valence-electron chi connectivity index (χ3n) is 3.81. The highest BCUT2D eigenvalue weighted by atomic mass is 15.2. The molecule has 0 unspecified atom stereocenters. The Labute approximate surface area is 119 Å². The SMILES string of the molecule is Nc1ccc(CCCc2nnc3c(n2)CCCC3)cc1. The maximum absolute atomic E-state index is 5.68. The minimum absolute atomic E-state index is 0.816. The van der Waals surface area contributed by atoms with Crippen molar-refractivity contribution in [3.63, 3.8) is 0 Å². The van der Waals surface area contributed by atoms with Gasteiger partial charge in [-0.05, 0) is 56.2 Å². The van der Waals surface area contributed by atoms with Crippen LogP contribution < -0.4 is 5.73 Å². The van der Waals surface area contributed by atoms with E-state index in [1.807, 2.05) is 12.1 Å². The van der Waals surface area contributed by atoms with Crippen molar-refractivity contribution in [1.29, 1.82) is 0 Å². The molecule has 0 saturated carbocycles. The Kier molecular flexibility index (Phi) is 3.90. The molecule has 0 saturated heterocycles.